The molecular formula is C52H31N3OS. The quantitative estimate of drug-likeness (QED) is 0.176. The first-order valence-corrected chi connectivity index (χ1v) is 20.0. The van der Waals surface area contributed by atoms with Crippen LogP contribution in [0.4, 0.5) is 0 Å². The van der Waals surface area contributed by atoms with Crippen molar-refractivity contribution in [2.75, 3.05) is 0 Å². The van der Waals surface area contributed by atoms with Crippen LogP contribution in [0.1, 0.15) is 0 Å². The summed E-state index contributed by atoms with van der Waals surface area (Å²) < 4.78 is 12.2. The zero-order chi connectivity index (χ0) is 37.5. The van der Waals surface area contributed by atoms with Gasteiger partial charge >= 0.3 is 0 Å². The van der Waals surface area contributed by atoms with Crippen molar-refractivity contribution in [3.8, 4) is 50.7 Å². The average Bonchev–Trinajstić information content (AvgIpc) is 3.97. The van der Waals surface area contributed by atoms with Crippen molar-refractivity contribution >= 4 is 75.3 Å². The third-order valence-corrected chi connectivity index (χ3v) is 12.4. The van der Waals surface area contributed by atoms with Crippen LogP contribution >= 0.6 is 11.3 Å². The topological polar surface area (TPSA) is 43.9 Å². The molecule has 0 aliphatic heterocycles. The summed E-state index contributed by atoms with van der Waals surface area (Å²) in [6.07, 6.45) is 0. The highest BCUT2D eigenvalue weighted by Crippen LogP contribution is 2.45. The van der Waals surface area contributed by atoms with Gasteiger partial charge in [-0.2, -0.15) is 0 Å². The normalized spacial score (nSPS) is 11.9. The van der Waals surface area contributed by atoms with E-state index in [2.05, 4.69) is 156 Å². The third kappa shape index (κ3) is 4.99. The maximum absolute atomic E-state index is 7.16. The molecule has 0 aliphatic carbocycles. The van der Waals surface area contributed by atoms with Crippen molar-refractivity contribution in [2.24, 2.45) is 0 Å². The summed E-state index contributed by atoms with van der Waals surface area (Å²) in [6, 6.07) is 66.4. The summed E-state index contributed by atoms with van der Waals surface area (Å²) in [4.78, 5) is 10.2. The lowest BCUT2D eigenvalue weighted by Gasteiger charge is -2.10. The van der Waals surface area contributed by atoms with Crippen molar-refractivity contribution < 1.29 is 4.42 Å². The molecule has 4 heterocycles. The minimum Gasteiger partial charge on any atom is -0.453 e. The van der Waals surface area contributed by atoms with E-state index in [0.717, 1.165) is 72.1 Å². The monoisotopic (exact) mass is 745 g/mol. The average molecular weight is 746 g/mol. The Bertz CT molecular complexity index is 3450. The van der Waals surface area contributed by atoms with Crippen molar-refractivity contribution in [2.45, 2.75) is 0 Å². The SMILES string of the molecule is c1ccc(-c2cc(-c3cccc4c3oc3c4ccc4c5ccc(-c6cccc7c6sc6ccccc67)cc5n(-c5ccccc5)c43)nc(-c3ccccc3)n2)cc1. The van der Waals surface area contributed by atoms with E-state index >= 15 is 0 Å². The molecule has 266 valence electrons. The molecule has 0 N–H and O–H groups in total. The number of thiophene rings is 1. The number of hydrogen-bond donors (Lipinski definition) is 0. The number of para-hydroxylation sites is 2. The maximum atomic E-state index is 7.16. The van der Waals surface area contributed by atoms with Gasteiger partial charge in [-0.15, -0.1) is 11.3 Å². The molecule has 4 nitrogen and oxygen atoms in total. The molecule has 0 unspecified atom stereocenters. The number of benzene rings is 8. The molecule has 57 heavy (non-hydrogen) atoms. The fourth-order valence-corrected chi connectivity index (χ4v) is 9.84. The Hall–Kier alpha value is -7.34. The van der Waals surface area contributed by atoms with E-state index in [1.165, 1.54) is 36.7 Å². The zero-order valence-electron chi connectivity index (χ0n) is 30.6. The van der Waals surface area contributed by atoms with Gasteiger partial charge < -0.3 is 8.98 Å². The molecule has 0 amide bonds. The van der Waals surface area contributed by atoms with Crippen LogP contribution in [0, 0.1) is 0 Å². The first-order valence-electron chi connectivity index (χ1n) is 19.2. The van der Waals surface area contributed by atoms with Crippen molar-refractivity contribution in [1.29, 1.82) is 0 Å². The minimum absolute atomic E-state index is 0.675. The van der Waals surface area contributed by atoms with Crippen LogP contribution in [0.25, 0.3) is 115 Å². The Balaban J connectivity index is 1.12. The molecule has 0 fully saturated rings. The molecule has 0 bridgehead atoms. The first-order chi connectivity index (χ1) is 28.3. The van der Waals surface area contributed by atoms with Crippen LogP contribution in [-0.4, -0.2) is 14.5 Å². The van der Waals surface area contributed by atoms with Crippen LogP contribution in [0.15, 0.2) is 192 Å². The minimum atomic E-state index is 0.675. The van der Waals surface area contributed by atoms with Gasteiger partial charge in [0.15, 0.2) is 11.4 Å². The van der Waals surface area contributed by atoms with Gasteiger partial charge in [-0.1, -0.05) is 146 Å². The van der Waals surface area contributed by atoms with Gasteiger partial charge in [-0.3, -0.25) is 0 Å². The van der Waals surface area contributed by atoms with Crippen LogP contribution < -0.4 is 0 Å². The molecule has 12 aromatic rings. The molecular weight excluding hydrogens is 715 g/mol. The molecule has 4 aromatic heterocycles. The van der Waals surface area contributed by atoms with E-state index in [0.29, 0.717) is 5.82 Å². The fraction of sp³-hybridized carbons (Fsp3) is 0. The van der Waals surface area contributed by atoms with Gasteiger partial charge in [-0.05, 0) is 53.6 Å². The lowest BCUT2D eigenvalue weighted by atomic mass is 10.0. The molecule has 5 heteroatoms. The van der Waals surface area contributed by atoms with Crippen LogP contribution in [0.3, 0.4) is 0 Å². The second kappa shape index (κ2) is 12.6. The lowest BCUT2D eigenvalue weighted by molar-refractivity contribution is 0.672. The van der Waals surface area contributed by atoms with E-state index < -0.39 is 0 Å². The molecule has 0 saturated heterocycles. The molecule has 0 saturated carbocycles. The summed E-state index contributed by atoms with van der Waals surface area (Å²) in [7, 11) is 0. The summed E-state index contributed by atoms with van der Waals surface area (Å²) in [6.45, 7) is 0. The summed E-state index contributed by atoms with van der Waals surface area (Å²) in [5, 5.41) is 7.04. The van der Waals surface area contributed by atoms with Gasteiger partial charge in [0.2, 0.25) is 0 Å². The van der Waals surface area contributed by atoms with E-state index in [9.17, 15) is 0 Å². The Morgan fingerprint density at radius 3 is 1.88 bits per heavy atom. The highest BCUT2D eigenvalue weighted by atomic mass is 32.1. The second-order valence-corrected chi connectivity index (χ2v) is 15.6. The Labute approximate surface area is 331 Å². The molecule has 0 aliphatic rings. The number of aromatic nitrogens is 3. The number of furan rings is 1. The Morgan fingerprint density at radius 1 is 0.421 bits per heavy atom. The number of nitrogens with zero attached hydrogens (tertiary/aromatic N) is 3. The molecule has 8 aromatic carbocycles. The summed E-state index contributed by atoms with van der Waals surface area (Å²) >= 11 is 1.87. The van der Waals surface area contributed by atoms with Crippen molar-refractivity contribution in [3.05, 3.63) is 188 Å². The number of hydrogen-bond acceptors (Lipinski definition) is 4. The van der Waals surface area contributed by atoms with E-state index in [4.69, 9.17) is 14.4 Å². The number of fused-ring (bicyclic) bond motifs is 10. The fourth-order valence-electron chi connectivity index (χ4n) is 8.60. The van der Waals surface area contributed by atoms with Crippen LogP contribution in [0.5, 0.6) is 0 Å². The molecule has 0 atom stereocenters. The van der Waals surface area contributed by atoms with Crippen molar-refractivity contribution in [3.63, 3.8) is 0 Å². The Morgan fingerprint density at radius 2 is 1.05 bits per heavy atom. The largest absolute Gasteiger partial charge is 0.453 e. The standard InChI is InChI=1S/C52H31N3OS/c1-4-14-32(15-5-1)44-31-45(54-52(53-44)33-16-6-2-7-17-33)43-24-13-22-40-41-29-28-39-37-27-26-34(36-21-12-23-42-38-20-10-11-25-47(38)57-51(36)42)30-46(37)55(35-18-8-3-9-19-35)48(39)50(41)56-49(40)43/h1-31H. The van der Waals surface area contributed by atoms with Crippen molar-refractivity contribution in [1.82, 2.24) is 14.5 Å². The van der Waals surface area contributed by atoms with Crippen LogP contribution in [0.2, 0.25) is 0 Å². The van der Waals surface area contributed by atoms with Gasteiger partial charge in [-0.25, -0.2) is 9.97 Å². The van der Waals surface area contributed by atoms with E-state index in [1.807, 2.05) is 47.7 Å². The van der Waals surface area contributed by atoms with Gasteiger partial charge in [0.1, 0.15) is 5.58 Å². The summed E-state index contributed by atoms with van der Waals surface area (Å²) in [5.74, 6) is 0.675. The predicted molar refractivity (Wildman–Crippen MR) is 238 cm³/mol. The van der Waals surface area contributed by atoms with Gasteiger partial charge in [0.05, 0.1) is 22.4 Å². The summed E-state index contributed by atoms with van der Waals surface area (Å²) in [5.41, 5.74) is 12.0. The maximum Gasteiger partial charge on any atom is 0.160 e. The smallest absolute Gasteiger partial charge is 0.160 e. The highest BCUT2D eigenvalue weighted by Gasteiger charge is 2.22. The predicted octanol–water partition coefficient (Wildman–Crippen LogP) is 14.5. The first kappa shape index (κ1) is 32.0. The van der Waals surface area contributed by atoms with Crippen LogP contribution in [-0.2, 0) is 0 Å². The Kier molecular flexibility index (Phi) is 7.06. The lowest BCUT2D eigenvalue weighted by Crippen LogP contribution is -1.96. The highest BCUT2D eigenvalue weighted by molar-refractivity contribution is 7.26. The van der Waals surface area contributed by atoms with E-state index in [-0.39, 0.29) is 0 Å². The zero-order valence-corrected chi connectivity index (χ0v) is 31.4. The third-order valence-electron chi connectivity index (χ3n) is 11.2. The molecule has 12 rings (SSSR count). The molecule has 0 spiro atoms. The second-order valence-electron chi connectivity index (χ2n) is 14.5. The molecule has 0 radical (unpaired) electrons. The van der Waals surface area contributed by atoms with Gasteiger partial charge in [0.25, 0.3) is 0 Å². The number of rotatable bonds is 5. The van der Waals surface area contributed by atoms with Gasteiger partial charge in [0, 0.05) is 64.1 Å². The van der Waals surface area contributed by atoms with E-state index in [1.54, 1.807) is 0 Å².